The minimum Gasteiger partial charge on any atom is -0.410 e. The van der Waals surface area contributed by atoms with E-state index in [2.05, 4.69) is 17.1 Å². The Hall–Kier alpha value is -1.59. The van der Waals surface area contributed by atoms with Gasteiger partial charge in [0, 0.05) is 19.1 Å². The number of amides is 1. The van der Waals surface area contributed by atoms with E-state index in [1.54, 1.807) is 12.1 Å². The number of benzene rings is 1. The van der Waals surface area contributed by atoms with Crippen molar-refractivity contribution in [2.24, 2.45) is 5.73 Å². The molecule has 1 heterocycles. The van der Waals surface area contributed by atoms with Gasteiger partial charge in [-0.25, -0.2) is 4.79 Å². The molecule has 1 saturated heterocycles. The van der Waals surface area contributed by atoms with Gasteiger partial charge >= 0.3 is 6.09 Å². The number of nitrogens with one attached hydrogen (secondary N) is 1. The molecule has 1 atom stereocenters. The quantitative estimate of drug-likeness (QED) is 0.882. The highest BCUT2D eigenvalue weighted by Crippen LogP contribution is 2.14. The zero-order valence-corrected chi connectivity index (χ0v) is 11.9. The molecule has 0 radical (unpaired) electrons. The Morgan fingerprint density at radius 2 is 2.05 bits per heavy atom. The van der Waals surface area contributed by atoms with Crippen molar-refractivity contribution >= 4 is 6.09 Å². The van der Waals surface area contributed by atoms with Crippen molar-refractivity contribution in [3.63, 3.8) is 0 Å². The van der Waals surface area contributed by atoms with Gasteiger partial charge in [0.05, 0.1) is 6.17 Å². The maximum absolute atomic E-state index is 11.8. The third kappa shape index (κ3) is 4.21. The molecular weight excluding hydrogens is 254 g/mol. The zero-order valence-electron chi connectivity index (χ0n) is 11.9. The highest BCUT2D eigenvalue weighted by atomic mass is 16.6. The first-order valence-electron chi connectivity index (χ1n) is 7.22. The van der Waals surface area contributed by atoms with Crippen LogP contribution in [0.2, 0.25) is 0 Å². The molecule has 1 aromatic rings. The van der Waals surface area contributed by atoms with Crippen molar-refractivity contribution in [3.05, 3.63) is 30.3 Å². The first kappa shape index (κ1) is 14.8. The van der Waals surface area contributed by atoms with Gasteiger partial charge in [-0.3, -0.25) is 4.90 Å². The molecule has 1 aromatic carbocycles. The Morgan fingerprint density at radius 1 is 1.40 bits per heavy atom. The average Bonchev–Trinajstić information content (AvgIpc) is 2.48. The molecule has 1 amide bonds. The molecule has 0 aromatic heterocycles. The Kier molecular flexibility index (Phi) is 5.38. The lowest BCUT2D eigenvalue weighted by molar-refractivity contribution is 0.137. The molecule has 0 saturated carbocycles. The number of carbonyl (C=O) groups is 1. The molecule has 0 spiro atoms. The van der Waals surface area contributed by atoms with Gasteiger partial charge in [-0.1, -0.05) is 25.1 Å². The van der Waals surface area contributed by atoms with Crippen LogP contribution in [0.25, 0.3) is 0 Å². The normalized spacial score (nSPS) is 18.5. The van der Waals surface area contributed by atoms with Gasteiger partial charge < -0.3 is 15.8 Å². The summed E-state index contributed by atoms with van der Waals surface area (Å²) in [6.45, 7) is 3.93. The maximum atomic E-state index is 11.8. The summed E-state index contributed by atoms with van der Waals surface area (Å²) in [5.41, 5.74) is 6.01. The van der Waals surface area contributed by atoms with Crippen LogP contribution in [0.1, 0.15) is 26.2 Å². The number of nitrogens with two attached hydrogens (primary N) is 1. The van der Waals surface area contributed by atoms with Gasteiger partial charge in [-0.05, 0) is 31.4 Å². The predicted octanol–water partition coefficient (Wildman–Crippen LogP) is 1.93. The third-order valence-electron chi connectivity index (χ3n) is 3.69. The number of hydrogen-bond acceptors (Lipinski definition) is 4. The second-order valence-electron chi connectivity index (χ2n) is 5.13. The topological polar surface area (TPSA) is 67.6 Å². The Labute approximate surface area is 120 Å². The number of hydrogen-bond donors (Lipinski definition) is 2. The number of para-hydroxylation sites is 1. The van der Waals surface area contributed by atoms with Crippen LogP contribution < -0.4 is 15.8 Å². The van der Waals surface area contributed by atoms with E-state index >= 15 is 0 Å². The van der Waals surface area contributed by atoms with Crippen LogP contribution in [0, 0.1) is 0 Å². The summed E-state index contributed by atoms with van der Waals surface area (Å²) in [5.74, 6) is 0.565. The van der Waals surface area contributed by atoms with Crippen LogP contribution in [-0.4, -0.2) is 36.3 Å². The first-order valence-corrected chi connectivity index (χ1v) is 7.22. The predicted molar refractivity (Wildman–Crippen MR) is 78.5 cm³/mol. The number of likely N-dealkylation sites (tertiary alicyclic amines) is 1. The minimum absolute atomic E-state index is 0.132. The molecule has 1 aliphatic heterocycles. The molecule has 110 valence electrons. The molecule has 1 unspecified atom stereocenters. The van der Waals surface area contributed by atoms with E-state index in [-0.39, 0.29) is 18.3 Å². The number of ether oxygens (including phenoxy) is 1. The fraction of sp³-hybridized carbons (Fsp3) is 0.533. The van der Waals surface area contributed by atoms with Crippen molar-refractivity contribution in [1.29, 1.82) is 0 Å². The van der Waals surface area contributed by atoms with E-state index in [0.29, 0.717) is 5.75 Å². The molecular formula is C15H23N3O2. The van der Waals surface area contributed by atoms with Gasteiger partial charge in [0.15, 0.2) is 0 Å². The van der Waals surface area contributed by atoms with Crippen LogP contribution in [-0.2, 0) is 0 Å². The van der Waals surface area contributed by atoms with E-state index in [0.717, 1.165) is 32.4 Å². The van der Waals surface area contributed by atoms with Crippen LogP contribution >= 0.6 is 0 Å². The maximum Gasteiger partial charge on any atom is 0.412 e. The highest BCUT2D eigenvalue weighted by molar-refractivity contribution is 5.70. The average molecular weight is 277 g/mol. The molecule has 3 N–H and O–H groups in total. The molecule has 0 bridgehead atoms. The SMILES string of the molecule is CCC(N)N1CCC(NC(=O)Oc2ccccc2)CC1. The van der Waals surface area contributed by atoms with Gasteiger partial charge in [0.2, 0.25) is 0 Å². The van der Waals surface area contributed by atoms with Crippen LogP contribution in [0.15, 0.2) is 30.3 Å². The fourth-order valence-corrected chi connectivity index (χ4v) is 2.43. The Bertz CT molecular complexity index is 416. The van der Waals surface area contributed by atoms with Crippen LogP contribution in [0.4, 0.5) is 4.79 Å². The largest absolute Gasteiger partial charge is 0.412 e. The lowest BCUT2D eigenvalue weighted by atomic mass is 10.0. The zero-order chi connectivity index (χ0) is 14.4. The summed E-state index contributed by atoms with van der Waals surface area (Å²) in [5, 5.41) is 2.92. The standard InChI is InChI=1S/C15H23N3O2/c1-2-14(16)18-10-8-12(9-11-18)17-15(19)20-13-6-4-3-5-7-13/h3-7,12,14H,2,8-11,16H2,1H3,(H,17,19). The monoisotopic (exact) mass is 277 g/mol. The van der Waals surface area contributed by atoms with Crippen molar-refractivity contribution in [1.82, 2.24) is 10.2 Å². The van der Waals surface area contributed by atoms with Crippen LogP contribution in [0.5, 0.6) is 5.75 Å². The summed E-state index contributed by atoms with van der Waals surface area (Å²) >= 11 is 0. The third-order valence-corrected chi connectivity index (χ3v) is 3.69. The molecule has 5 nitrogen and oxygen atoms in total. The summed E-state index contributed by atoms with van der Waals surface area (Å²) < 4.78 is 5.22. The van der Waals surface area contributed by atoms with E-state index in [1.165, 1.54) is 0 Å². The number of nitrogens with zero attached hydrogens (tertiary/aromatic N) is 1. The summed E-state index contributed by atoms with van der Waals surface area (Å²) in [7, 11) is 0. The lowest BCUT2D eigenvalue weighted by Crippen LogP contribution is -2.50. The van der Waals surface area contributed by atoms with Crippen molar-refractivity contribution < 1.29 is 9.53 Å². The number of piperidine rings is 1. The molecule has 20 heavy (non-hydrogen) atoms. The fourth-order valence-electron chi connectivity index (χ4n) is 2.43. The van der Waals surface area contributed by atoms with Crippen molar-refractivity contribution in [2.75, 3.05) is 13.1 Å². The van der Waals surface area contributed by atoms with Gasteiger partial charge in [-0.2, -0.15) is 0 Å². The number of carbonyl (C=O) groups excluding carboxylic acids is 1. The lowest BCUT2D eigenvalue weighted by Gasteiger charge is -2.35. The molecule has 0 aliphatic carbocycles. The van der Waals surface area contributed by atoms with Gasteiger partial charge in [0.25, 0.3) is 0 Å². The van der Waals surface area contributed by atoms with Gasteiger partial charge in [0.1, 0.15) is 5.75 Å². The number of rotatable bonds is 4. The second kappa shape index (κ2) is 7.26. The first-order chi connectivity index (χ1) is 9.69. The van der Waals surface area contributed by atoms with Crippen molar-refractivity contribution in [2.45, 2.75) is 38.4 Å². The smallest absolute Gasteiger partial charge is 0.410 e. The van der Waals surface area contributed by atoms with E-state index in [1.807, 2.05) is 18.2 Å². The van der Waals surface area contributed by atoms with Gasteiger partial charge in [-0.15, -0.1) is 0 Å². The molecule has 1 fully saturated rings. The summed E-state index contributed by atoms with van der Waals surface area (Å²) in [4.78, 5) is 14.0. The Morgan fingerprint density at radius 3 is 2.65 bits per heavy atom. The summed E-state index contributed by atoms with van der Waals surface area (Å²) in [6, 6.07) is 9.27. The summed E-state index contributed by atoms with van der Waals surface area (Å²) in [6.07, 6.45) is 2.53. The molecule has 5 heteroatoms. The molecule has 2 rings (SSSR count). The highest BCUT2D eigenvalue weighted by Gasteiger charge is 2.23. The van der Waals surface area contributed by atoms with Crippen molar-refractivity contribution in [3.8, 4) is 5.75 Å². The second-order valence-corrected chi connectivity index (χ2v) is 5.13. The van der Waals surface area contributed by atoms with Crippen LogP contribution in [0.3, 0.4) is 0 Å². The van der Waals surface area contributed by atoms with E-state index in [4.69, 9.17) is 10.5 Å². The minimum atomic E-state index is -0.380. The molecule has 1 aliphatic rings. The Balaban J connectivity index is 1.74. The van der Waals surface area contributed by atoms with E-state index < -0.39 is 0 Å². The van der Waals surface area contributed by atoms with E-state index in [9.17, 15) is 4.79 Å².